The molecule has 1 aliphatic heterocycles. The average molecular weight is 203 g/mol. The van der Waals surface area contributed by atoms with Crippen LogP contribution in [0, 0.1) is 0 Å². The minimum atomic E-state index is 0.0674. The van der Waals surface area contributed by atoms with E-state index >= 15 is 0 Å². The molecule has 80 valence electrons. The van der Waals surface area contributed by atoms with E-state index in [9.17, 15) is 0 Å². The van der Waals surface area contributed by atoms with Gasteiger partial charge in [-0.3, -0.25) is 0 Å². The molecule has 3 rings (SSSR count). The fourth-order valence-electron chi connectivity index (χ4n) is 2.38. The number of ether oxygens (including phenoxy) is 1. The van der Waals surface area contributed by atoms with Gasteiger partial charge in [-0.15, -0.1) is 0 Å². The van der Waals surface area contributed by atoms with Crippen molar-refractivity contribution in [1.29, 1.82) is 0 Å². The Morgan fingerprint density at radius 2 is 2.00 bits per heavy atom. The summed E-state index contributed by atoms with van der Waals surface area (Å²) in [7, 11) is 0. The first-order valence-electron chi connectivity index (χ1n) is 5.83. The van der Waals surface area contributed by atoms with E-state index in [0.717, 1.165) is 19.5 Å². The number of nitrogens with one attached hydrogen (secondary N) is 1. The van der Waals surface area contributed by atoms with E-state index in [1.165, 1.54) is 18.4 Å². The molecule has 2 nitrogen and oxygen atoms in total. The van der Waals surface area contributed by atoms with Crippen LogP contribution in [0.3, 0.4) is 0 Å². The first-order chi connectivity index (χ1) is 7.39. The fraction of sp³-hybridized carbons (Fsp3) is 0.538. The predicted octanol–water partition coefficient (Wildman–Crippen LogP) is 2.05. The van der Waals surface area contributed by atoms with Gasteiger partial charge in [0.1, 0.15) is 0 Å². The van der Waals surface area contributed by atoms with Gasteiger partial charge < -0.3 is 10.1 Å². The van der Waals surface area contributed by atoms with Crippen molar-refractivity contribution < 1.29 is 4.74 Å². The first-order valence-corrected chi connectivity index (χ1v) is 5.83. The zero-order valence-corrected chi connectivity index (χ0v) is 8.91. The Morgan fingerprint density at radius 1 is 1.20 bits per heavy atom. The summed E-state index contributed by atoms with van der Waals surface area (Å²) in [6.45, 7) is 2.13. The van der Waals surface area contributed by atoms with Gasteiger partial charge in [0.15, 0.2) is 0 Å². The number of hydrogen-bond acceptors (Lipinski definition) is 2. The number of benzene rings is 1. The SMILES string of the molecule is c1ccc(C2(OC3CCNC3)CC2)cc1. The molecule has 1 heterocycles. The predicted molar refractivity (Wildman–Crippen MR) is 59.7 cm³/mol. The van der Waals surface area contributed by atoms with Crippen LogP contribution in [0.25, 0.3) is 0 Å². The molecular formula is C13H17NO. The summed E-state index contributed by atoms with van der Waals surface area (Å²) in [5.41, 5.74) is 1.43. The van der Waals surface area contributed by atoms with E-state index in [0.29, 0.717) is 6.10 Å². The Labute approximate surface area is 90.6 Å². The van der Waals surface area contributed by atoms with E-state index in [4.69, 9.17) is 4.74 Å². The Balaban J connectivity index is 1.74. The molecular weight excluding hydrogens is 186 g/mol. The van der Waals surface area contributed by atoms with E-state index in [1.54, 1.807) is 0 Å². The van der Waals surface area contributed by atoms with Crippen LogP contribution in [0.15, 0.2) is 30.3 Å². The highest BCUT2D eigenvalue weighted by atomic mass is 16.5. The standard InChI is InChI=1S/C13H17NO/c1-2-4-11(5-3-1)13(7-8-13)15-12-6-9-14-10-12/h1-5,12,14H,6-10H2. The summed E-state index contributed by atoms with van der Waals surface area (Å²) < 4.78 is 6.23. The quantitative estimate of drug-likeness (QED) is 0.812. The highest BCUT2D eigenvalue weighted by Gasteiger charge is 2.47. The van der Waals surface area contributed by atoms with Crippen LogP contribution in [0.1, 0.15) is 24.8 Å². The third kappa shape index (κ3) is 1.80. The lowest BCUT2D eigenvalue weighted by molar-refractivity contribution is -0.0228. The third-order valence-electron chi connectivity index (χ3n) is 3.41. The average Bonchev–Trinajstić information content (AvgIpc) is 2.88. The molecule has 15 heavy (non-hydrogen) atoms. The number of hydrogen-bond donors (Lipinski definition) is 1. The van der Waals surface area contributed by atoms with E-state index < -0.39 is 0 Å². The highest BCUT2D eigenvalue weighted by molar-refractivity contribution is 5.27. The van der Waals surface area contributed by atoms with Crippen molar-refractivity contribution in [3.05, 3.63) is 35.9 Å². The molecule has 2 heteroatoms. The minimum absolute atomic E-state index is 0.0674. The van der Waals surface area contributed by atoms with Crippen LogP contribution >= 0.6 is 0 Å². The largest absolute Gasteiger partial charge is 0.366 e. The lowest BCUT2D eigenvalue weighted by atomic mass is 10.1. The Bertz CT molecular complexity index is 326. The number of rotatable bonds is 3. The molecule has 1 unspecified atom stereocenters. The molecule has 2 aliphatic rings. The molecule has 1 saturated heterocycles. The molecule has 2 fully saturated rings. The minimum Gasteiger partial charge on any atom is -0.366 e. The van der Waals surface area contributed by atoms with E-state index in [2.05, 4.69) is 35.6 Å². The zero-order chi connectivity index (χ0) is 10.1. The van der Waals surface area contributed by atoms with Crippen LogP contribution < -0.4 is 5.32 Å². The van der Waals surface area contributed by atoms with Crippen LogP contribution in [0.2, 0.25) is 0 Å². The van der Waals surface area contributed by atoms with Crippen molar-refractivity contribution in [2.75, 3.05) is 13.1 Å². The summed E-state index contributed by atoms with van der Waals surface area (Å²) in [6.07, 6.45) is 3.96. The second kappa shape index (κ2) is 3.62. The molecule has 0 spiro atoms. The Hall–Kier alpha value is -0.860. The van der Waals surface area contributed by atoms with E-state index in [-0.39, 0.29) is 5.60 Å². The van der Waals surface area contributed by atoms with Crippen LogP contribution in [0.4, 0.5) is 0 Å². The van der Waals surface area contributed by atoms with E-state index in [1.807, 2.05) is 0 Å². The van der Waals surface area contributed by atoms with Crippen LogP contribution in [0.5, 0.6) is 0 Å². The summed E-state index contributed by atoms with van der Waals surface area (Å²) in [5, 5.41) is 3.35. The highest BCUT2D eigenvalue weighted by Crippen LogP contribution is 2.50. The summed E-state index contributed by atoms with van der Waals surface area (Å²) in [6, 6.07) is 10.7. The molecule has 0 amide bonds. The van der Waals surface area contributed by atoms with Crippen LogP contribution in [-0.2, 0) is 10.3 Å². The smallest absolute Gasteiger partial charge is 0.0938 e. The molecule has 0 aromatic heterocycles. The summed E-state index contributed by atoms with van der Waals surface area (Å²) >= 11 is 0. The molecule has 1 aliphatic carbocycles. The maximum absolute atomic E-state index is 6.23. The van der Waals surface area contributed by atoms with Gasteiger partial charge in [-0.05, 0) is 31.4 Å². The van der Waals surface area contributed by atoms with Gasteiger partial charge in [0, 0.05) is 6.54 Å². The van der Waals surface area contributed by atoms with Crippen molar-refractivity contribution in [3.63, 3.8) is 0 Å². The maximum Gasteiger partial charge on any atom is 0.0938 e. The molecule has 1 aromatic carbocycles. The van der Waals surface area contributed by atoms with Crippen molar-refractivity contribution in [1.82, 2.24) is 5.32 Å². The van der Waals surface area contributed by atoms with Crippen LogP contribution in [-0.4, -0.2) is 19.2 Å². The monoisotopic (exact) mass is 203 g/mol. The van der Waals surface area contributed by atoms with Gasteiger partial charge in [-0.2, -0.15) is 0 Å². The van der Waals surface area contributed by atoms with Gasteiger partial charge in [0.2, 0.25) is 0 Å². The normalized spacial score (nSPS) is 27.9. The molecule has 1 aromatic rings. The lowest BCUT2D eigenvalue weighted by Crippen LogP contribution is -2.24. The molecule has 1 atom stereocenters. The molecule has 1 saturated carbocycles. The second-order valence-electron chi connectivity index (χ2n) is 4.59. The van der Waals surface area contributed by atoms with Crippen molar-refractivity contribution in [2.45, 2.75) is 31.0 Å². The Morgan fingerprint density at radius 3 is 2.60 bits per heavy atom. The van der Waals surface area contributed by atoms with Crippen molar-refractivity contribution >= 4 is 0 Å². The molecule has 0 radical (unpaired) electrons. The maximum atomic E-state index is 6.23. The van der Waals surface area contributed by atoms with Gasteiger partial charge in [-0.25, -0.2) is 0 Å². The second-order valence-corrected chi connectivity index (χ2v) is 4.59. The molecule has 0 bridgehead atoms. The van der Waals surface area contributed by atoms with Gasteiger partial charge in [-0.1, -0.05) is 30.3 Å². The summed E-state index contributed by atoms with van der Waals surface area (Å²) in [5.74, 6) is 0. The molecule has 1 N–H and O–H groups in total. The van der Waals surface area contributed by atoms with Gasteiger partial charge in [0.25, 0.3) is 0 Å². The van der Waals surface area contributed by atoms with Crippen molar-refractivity contribution in [2.24, 2.45) is 0 Å². The fourth-order valence-corrected chi connectivity index (χ4v) is 2.38. The topological polar surface area (TPSA) is 21.3 Å². The van der Waals surface area contributed by atoms with Gasteiger partial charge >= 0.3 is 0 Å². The first kappa shape index (κ1) is 9.37. The van der Waals surface area contributed by atoms with Gasteiger partial charge in [0.05, 0.1) is 11.7 Å². The van der Waals surface area contributed by atoms with Crippen molar-refractivity contribution in [3.8, 4) is 0 Å². The third-order valence-corrected chi connectivity index (χ3v) is 3.41. The zero-order valence-electron chi connectivity index (χ0n) is 8.91. The Kier molecular flexibility index (Phi) is 2.26. The lowest BCUT2D eigenvalue weighted by Gasteiger charge is -2.21. The summed E-state index contributed by atoms with van der Waals surface area (Å²) in [4.78, 5) is 0.